The summed E-state index contributed by atoms with van der Waals surface area (Å²) < 4.78 is 16.0. The monoisotopic (exact) mass is 497 g/mol. The number of aryl methyl sites for hydroxylation is 1. The fourth-order valence-electron chi connectivity index (χ4n) is 3.93. The average molecular weight is 498 g/mol. The largest absolute Gasteiger partial charge is 0.467 e. The Morgan fingerprint density at radius 1 is 1.26 bits per heavy atom. The number of nitrogens with one attached hydrogen (secondary N) is 1. The number of thiophene rings is 1. The lowest BCUT2D eigenvalue weighted by atomic mass is 10.1. The molecule has 0 saturated carbocycles. The molecule has 8 nitrogen and oxygen atoms in total. The van der Waals surface area contributed by atoms with Gasteiger partial charge in [-0.3, -0.25) is 9.69 Å². The van der Waals surface area contributed by atoms with Gasteiger partial charge >= 0.3 is 0 Å². The summed E-state index contributed by atoms with van der Waals surface area (Å²) in [7, 11) is 1.66. The lowest BCUT2D eigenvalue weighted by Crippen LogP contribution is -2.36. The lowest BCUT2D eigenvalue weighted by Gasteiger charge is -2.24. The molecule has 0 aliphatic rings. The van der Waals surface area contributed by atoms with E-state index in [0.29, 0.717) is 54.6 Å². The topological polar surface area (TPSA) is 101 Å². The molecule has 9 heteroatoms. The van der Waals surface area contributed by atoms with Gasteiger partial charge in [-0.05, 0) is 31.0 Å². The first-order valence-corrected chi connectivity index (χ1v) is 12.5. The van der Waals surface area contributed by atoms with Crippen LogP contribution in [0.4, 0.5) is 0 Å². The number of ether oxygens (including phenoxy) is 2. The Hall–Kier alpha value is -2.82. The summed E-state index contributed by atoms with van der Waals surface area (Å²) in [6.45, 7) is 4.59. The molecule has 0 amide bonds. The molecule has 1 atom stereocenters. The Labute approximate surface area is 208 Å². The summed E-state index contributed by atoms with van der Waals surface area (Å²) in [4.78, 5) is 23.5. The number of furan rings is 1. The molecular weight excluding hydrogens is 466 g/mol. The molecule has 1 aromatic carbocycles. The Bertz CT molecular complexity index is 1250. The molecule has 0 aliphatic heterocycles. The molecule has 0 saturated heterocycles. The molecule has 186 valence electrons. The zero-order valence-electron chi connectivity index (χ0n) is 20.0. The first-order chi connectivity index (χ1) is 17.0. The van der Waals surface area contributed by atoms with Crippen molar-refractivity contribution in [3.05, 3.63) is 75.5 Å². The van der Waals surface area contributed by atoms with Gasteiger partial charge in [-0.25, -0.2) is 4.98 Å². The van der Waals surface area contributed by atoms with Crippen LogP contribution in [0.25, 0.3) is 21.3 Å². The number of hydrogen-bond acceptors (Lipinski definition) is 8. The van der Waals surface area contributed by atoms with Gasteiger partial charge in [0.05, 0.1) is 30.9 Å². The summed E-state index contributed by atoms with van der Waals surface area (Å²) in [5, 5.41) is 13.1. The van der Waals surface area contributed by atoms with Crippen molar-refractivity contribution in [1.82, 2.24) is 14.9 Å². The maximum Gasteiger partial charge on any atom is 0.260 e. The smallest absolute Gasteiger partial charge is 0.260 e. The van der Waals surface area contributed by atoms with Crippen LogP contribution in [0, 0.1) is 6.92 Å². The van der Waals surface area contributed by atoms with Crippen LogP contribution in [0.3, 0.4) is 0 Å². The first kappa shape index (κ1) is 25.3. The van der Waals surface area contributed by atoms with E-state index in [-0.39, 0.29) is 12.2 Å². The van der Waals surface area contributed by atoms with Gasteiger partial charge in [0.25, 0.3) is 5.56 Å². The number of methoxy groups -OCH3 is 1. The predicted molar refractivity (Wildman–Crippen MR) is 137 cm³/mol. The Kier molecular flexibility index (Phi) is 8.84. The van der Waals surface area contributed by atoms with Crippen LogP contribution < -0.4 is 5.56 Å². The molecule has 1 unspecified atom stereocenters. The Morgan fingerprint density at radius 2 is 2.09 bits per heavy atom. The maximum atomic E-state index is 13.0. The zero-order chi connectivity index (χ0) is 24.6. The van der Waals surface area contributed by atoms with Crippen LogP contribution in [-0.2, 0) is 22.6 Å². The number of hydrogen-bond donors (Lipinski definition) is 2. The minimum absolute atomic E-state index is 0.152. The quantitative estimate of drug-likeness (QED) is 0.270. The summed E-state index contributed by atoms with van der Waals surface area (Å²) in [6, 6.07) is 11.8. The van der Waals surface area contributed by atoms with Crippen molar-refractivity contribution >= 4 is 21.6 Å². The van der Waals surface area contributed by atoms with E-state index in [1.54, 1.807) is 19.4 Å². The van der Waals surface area contributed by atoms with Gasteiger partial charge in [0.1, 0.15) is 23.0 Å². The fraction of sp³-hybridized carbons (Fsp3) is 0.385. The van der Waals surface area contributed by atoms with E-state index in [4.69, 9.17) is 18.9 Å². The van der Waals surface area contributed by atoms with Crippen molar-refractivity contribution in [2.24, 2.45) is 0 Å². The summed E-state index contributed by atoms with van der Waals surface area (Å²) in [6.07, 6.45) is 1.69. The highest BCUT2D eigenvalue weighted by molar-refractivity contribution is 7.17. The predicted octanol–water partition coefficient (Wildman–Crippen LogP) is 3.97. The van der Waals surface area contributed by atoms with E-state index in [1.165, 1.54) is 16.9 Å². The second kappa shape index (κ2) is 12.2. The van der Waals surface area contributed by atoms with Crippen LogP contribution in [0.5, 0.6) is 0 Å². The van der Waals surface area contributed by atoms with E-state index < -0.39 is 6.10 Å². The lowest BCUT2D eigenvalue weighted by molar-refractivity contribution is 0.00246. The standard InChI is InChI=1S/C26H31N3O5S/c1-18-6-8-19(9-7-18)22-17-35-26-24(22)25(31)27-23(28-26)14-29(10-4-11-32-2)13-20(30)15-33-16-21-5-3-12-34-21/h3,5-9,12,17,20,30H,4,10-11,13-16H2,1-2H3,(H,27,28,31). The Balaban J connectivity index is 1.45. The highest BCUT2D eigenvalue weighted by Crippen LogP contribution is 2.30. The van der Waals surface area contributed by atoms with Crippen molar-refractivity contribution in [1.29, 1.82) is 0 Å². The number of nitrogens with zero attached hydrogens (tertiary/aromatic N) is 2. The van der Waals surface area contributed by atoms with Gasteiger partial charge in [0, 0.05) is 37.7 Å². The third-order valence-corrected chi connectivity index (χ3v) is 6.53. The molecule has 0 fully saturated rings. The molecule has 35 heavy (non-hydrogen) atoms. The van der Waals surface area contributed by atoms with Crippen LogP contribution in [-0.4, -0.2) is 59.5 Å². The molecule has 3 heterocycles. The zero-order valence-corrected chi connectivity index (χ0v) is 20.8. The SMILES string of the molecule is COCCCN(Cc1nc2scc(-c3ccc(C)cc3)c2c(=O)[nH]1)CC(O)COCc1ccco1. The highest BCUT2D eigenvalue weighted by Gasteiger charge is 2.17. The minimum Gasteiger partial charge on any atom is -0.467 e. The van der Waals surface area contributed by atoms with E-state index in [0.717, 1.165) is 17.5 Å². The number of rotatable bonds is 13. The summed E-state index contributed by atoms with van der Waals surface area (Å²) in [5.41, 5.74) is 2.91. The van der Waals surface area contributed by atoms with Crippen molar-refractivity contribution in [3.8, 4) is 11.1 Å². The number of aliphatic hydroxyl groups excluding tert-OH is 1. The van der Waals surface area contributed by atoms with Crippen molar-refractivity contribution in [2.45, 2.75) is 32.6 Å². The van der Waals surface area contributed by atoms with Gasteiger partial charge in [0.15, 0.2) is 0 Å². The normalized spacial score (nSPS) is 12.6. The highest BCUT2D eigenvalue weighted by atomic mass is 32.1. The van der Waals surface area contributed by atoms with Crippen LogP contribution in [0.1, 0.15) is 23.6 Å². The van der Waals surface area contributed by atoms with Crippen molar-refractivity contribution in [3.63, 3.8) is 0 Å². The molecule has 3 aromatic heterocycles. The second-order valence-electron chi connectivity index (χ2n) is 8.54. The summed E-state index contributed by atoms with van der Waals surface area (Å²) in [5.74, 6) is 1.28. The average Bonchev–Trinajstić information content (AvgIpc) is 3.50. The van der Waals surface area contributed by atoms with Gasteiger partial charge < -0.3 is 24.0 Å². The minimum atomic E-state index is -0.696. The van der Waals surface area contributed by atoms with Gasteiger partial charge in [-0.15, -0.1) is 11.3 Å². The van der Waals surface area contributed by atoms with E-state index >= 15 is 0 Å². The Morgan fingerprint density at radius 3 is 2.83 bits per heavy atom. The van der Waals surface area contributed by atoms with Crippen LogP contribution in [0.15, 0.2) is 57.3 Å². The van der Waals surface area contributed by atoms with Gasteiger partial charge in [0.2, 0.25) is 0 Å². The molecular formula is C26H31N3O5S. The first-order valence-electron chi connectivity index (χ1n) is 11.6. The van der Waals surface area contributed by atoms with Crippen molar-refractivity contribution < 1.29 is 19.0 Å². The van der Waals surface area contributed by atoms with E-state index in [1.807, 2.05) is 42.6 Å². The second-order valence-corrected chi connectivity index (χ2v) is 9.40. The summed E-state index contributed by atoms with van der Waals surface area (Å²) >= 11 is 1.47. The number of H-pyrrole nitrogens is 1. The number of fused-ring (bicyclic) bond motifs is 1. The number of benzene rings is 1. The van der Waals surface area contributed by atoms with Crippen LogP contribution in [0.2, 0.25) is 0 Å². The van der Waals surface area contributed by atoms with Gasteiger partial charge in [-0.2, -0.15) is 0 Å². The number of aromatic amines is 1. The van der Waals surface area contributed by atoms with Crippen molar-refractivity contribution in [2.75, 3.05) is 33.4 Å². The number of aromatic nitrogens is 2. The molecule has 0 aliphatic carbocycles. The molecule has 2 N–H and O–H groups in total. The van der Waals surface area contributed by atoms with Crippen LogP contribution >= 0.6 is 11.3 Å². The molecule has 4 aromatic rings. The van der Waals surface area contributed by atoms with E-state index in [9.17, 15) is 9.90 Å². The van der Waals surface area contributed by atoms with Gasteiger partial charge in [-0.1, -0.05) is 29.8 Å². The fourth-order valence-corrected chi connectivity index (χ4v) is 4.90. The molecule has 0 radical (unpaired) electrons. The number of aliphatic hydroxyl groups is 1. The van der Waals surface area contributed by atoms with E-state index in [2.05, 4.69) is 9.88 Å². The maximum absolute atomic E-state index is 13.0. The molecule has 0 bridgehead atoms. The third kappa shape index (κ3) is 6.87. The molecule has 0 spiro atoms. The molecule has 4 rings (SSSR count). The third-order valence-electron chi connectivity index (χ3n) is 5.66.